The topological polar surface area (TPSA) is 182 Å². The summed E-state index contributed by atoms with van der Waals surface area (Å²) in [5, 5.41) is 5.82. The van der Waals surface area contributed by atoms with Crippen molar-refractivity contribution in [3.8, 4) is 11.5 Å². The van der Waals surface area contributed by atoms with E-state index in [-0.39, 0.29) is 38.0 Å². The van der Waals surface area contributed by atoms with Crippen molar-refractivity contribution < 1.29 is 55.0 Å². The fraction of sp³-hybridized carbons (Fsp3) is 0.571. The van der Waals surface area contributed by atoms with Crippen molar-refractivity contribution in [1.29, 1.82) is 0 Å². The van der Waals surface area contributed by atoms with Gasteiger partial charge in [0.1, 0.15) is 40.8 Å². The average Bonchev–Trinajstić information content (AvgIpc) is 3.83. The summed E-state index contributed by atoms with van der Waals surface area (Å²) in [6.07, 6.45) is 1.56. The Balaban J connectivity index is 1.52. The number of sulfonamides is 1. The Morgan fingerprint density at radius 3 is 2.41 bits per heavy atom. The summed E-state index contributed by atoms with van der Waals surface area (Å²) >= 11 is -1.07. The van der Waals surface area contributed by atoms with Gasteiger partial charge in [0, 0.05) is 17.4 Å². The van der Waals surface area contributed by atoms with Crippen LogP contribution in [0.25, 0.3) is 10.9 Å². The molecular formula is C42H55F3IN5O9S. The number of aromatic nitrogens is 1. The van der Waals surface area contributed by atoms with Crippen LogP contribution in [0.4, 0.5) is 18.0 Å². The molecule has 14 nitrogen and oxygen atoms in total. The Bertz CT molecular complexity index is 2170. The number of hydrogen-bond acceptors (Lipinski definition) is 10. The highest BCUT2D eigenvalue weighted by atomic mass is 127. The van der Waals surface area contributed by atoms with Crippen molar-refractivity contribution in [3.05, 3.63) is 54.8 Å². The van der Waals surface area contributed by atoms with E-state index in [1.54, 1.807) is 33.8 Å². The predicted octanol–water partition coefficient (Wildman–Crippen LogP) is 6.58. The first-order chi connectivity index (χ1) is 28.4. The van der Waals surface area contributed by atoms with Gasteiger partial charge >= 0.3 is 12.5 Å². The molecule has 2 aliphatic heterocycles. The maximum absolute atomic E-state index is 14.8. The number of halogens is 4. The second-order valence-electron chi connectivity index (χ2n) is 17.1. The van der Waals surface area contributed by atoms with Crippen LogP contribution in [-0.2, 0) is 35.6 Å². The van der Waals surface area contributed by atoms with E-state index in [1.807, 2.05) is 0 Å². The van der Waals surface area contributed by atoms with Gasteiger partial charge in [-0.3, -0.25) is 19.1 Å². The minimum absolute atomic E-state index is 0.0971. The molecule has 0 bridgehead atoms. The fourth-order valence-corrected chi connectivity index (χ4v) is 10.3. The van der Waals surface area contributed by atoms with Gasteiger partial charge in [-0.05, 0) is 97.8 Å². The van der Waals surface area contributed by atoms with Gasteiger partial charge in [0.25, 0.3) is 5.91 Å². The Labute approximate surface area is 364 Å². The lowest BCUT2D eigenvalue weighted by atomic mass is 9.87. The number of benzene rings is 1. The number of hydrogen-bond donors (Lipinski definition) is 3. The summed E-state index contributed by atoms with van der Waals surface area (Å²) in [5.41, 5.74) is -0.701. The van der Waals surface area contributed by atoms with Crippen LogP contribution in [0.5, 0.6) is 11.5 Å². The summed E-state index contributed by atoms with van der Waals surface area (Å²) in [6, 6.07) is 0.00355. The minimum Gasteiger partial charge on any atom is -0.483 e. The molecule has 1 aliphatic carbocycles. The number of nitrogens with zero attached hydrogens (tertiary/aromatic N) is 2. The molecule has 3 aliphatic rings. The number of carbonyl (C=O) groups is 4. The fourth-order valence-electron chi connectivity index (χ4n) is 7.61. The Morgan fingerprint density at radius 1 is 1.10 bits per heavy atom. The van der Waals surface area contributed by atoms with Gasteiger partial charge in [0.2, 0.25) is 21.8 Å². The first-order valence-corrected chi connectivity index (χ1v) is 24.3. The zero-order valence-electron chi connectivity index (χ0n) is 35.1. The maximum atomic E-state index is 14.8. The molecule has 5 rings (SSSR count). The van der Waals surface area contributed by atoms with Crippen LogP contribution in [0.3, 0.4) is 0 Å². The molecule has 1 spiro atoms. The van der Waals surface area contributed by atoms with Crippen molar-refractivity contribution in [3.63, 3.8) is 0 Å². The molecule has 1 aromatic heterocycles. The lowest BCUT2D eigenvalue weighted by Crippen LogP contribution is -2.59. The summed E-state index contributed by atoms with van der Waals surface area (Å²) in [7, 11) is -4.10. The number of likely N-dealkylation sites (tertiary alicyclic amines) is 1. The first kappa shape index (κ1) is 47.8. The van der Waals surface area contributed by atoms with Gasteiger partial charge in [-0.1, -0.05) is 29.5 Å². The van der Waals surface area contributed by atoms with Gasteiger partial charge < -0.3 is 29.7 Å². The standard InChI is InChI=1S/C42H55F3IN5O9S/c1-9-11-12-13-14-15-31(48-38(55)60-39(4,5)6)37(54)51-24-41(19-18-27-28-22-26(58-42(43,44)45)16-17-30(28)47-25(3)34(27)59-41)23-32(51)35(52)49-33(29(10-2)46-8)36(53)50-61(56,57)40(7)20-21-40/h9-10,16-17,22,29,31-33H,1-2,8,11-15,18-21,23-24H2,3-7H3,(H,48,55)(H,49,52)(H,50,53)/t29-,31-,32-,33?,41+/m0/s1. The first-order valence-electron chi connectivity index (χ1n) is 20.1. The number of pyridine rings is 1. The molecule has 1 saturated carbocycles. The van der Waals surface area contributed by atoms with Crippen molar-refractivity contribution in [2.24, 2.45) is 0 Å². The smallest absolute Gasteiger partial charge is 0.483 e. The van der Waals surface area contributed by atoms with Gasteiger partial charge in [0.05, 0.1) is 26.4 Å². The van der Waals surface area contributed by atoms with Crippen LogP contribution < -0.4 is 24.8 Å². The van der Waals surface area contributed by atoms with Crippen LogP contribution in [-0.4, -0.2) is 97.5 Å². The molecule has 4 amide bonds. The second kappa shape index (κ2) is 18.6. The van der Waals surface area contributed by atoms with Crippen LogP contribution in [0.15, 0.2) is 43.5 Å². The number of alkyl carbamates (subject to hydrolysis) is 1. The Kier molecular flexibility index (Phi) is 14.6. The van der Waals surface area contributed by atoms with E-state index in [4.69, 9.17) is 9.47 Å². The number of carbonyl (C=O) groups excluding carboxylic acids is 4. The van der Waals surface area contributed by atoms with E-state index in [9.17, 15) is 40.8 Å². The van der Waals surface area contributed by atoms with Gasteiger partial charge in [0.15, 0.2) is 0 Å². The molecule has 5 atom stereocenters. The molecule has 2 fully saturated rings. The van der Waals surface area contributed by atoms with Gasteiger partial charge in [-0.15, -0.1) is 47.1 Å². The van der Waals surface area contributed by atoms with Crippen molar-refractivity contribution in [2.75, 3.05) is 6.54 Å². The highest BCUT2D eigenvalue weighted by Crippen LogP contribution is 2.46. The van der Waals surface area contributed by atoms with Gasteiger partial charge in [-0.2, -0.15) is 0 Å². The number of fused-ring (bicyclic) bond motifs is 3. The van der Waals surface area contributed by atoms with E-state index < -0.39 is 105 Å². The highest BCUT2D eigenvalue weighted by Gasteiger charge is 2.55. The molecule has 2 aromatic rings. The van der Waals surface area contributed by atoms with Crippen LogP contribution in [0.2, 0.25) is 0 Å². The third-order valence-electron chi connectivity index (χ3n) is 11.1. The molecule has 1 aromatic carbocycles. The molecule has 61 heavy (non-hydrogen) atoms. The average molecular weight is 990 g/mol. The molecule has 1 unspecified atom stereocenters. The second-order valence-corrected chi connectivity index (χ2v) is 21.6. The number of unbranched alkanes of at least 4 members (excludes halogenated alkanes) is 3. The maximum Gasteiger partial charge on any atom is 0.573 e. The zero-order valence-corrected chi connectivity index (χ0v) is 38.1. The predicted molar refractivity (Wildman–Crippen MR) is 233 cm³/mol. The Hall–Kier alpha value is -4.27. The molecule has 1 saturated heterocycles. The van der Waals surface area contributed by atoms with Crippen molar-refractivity contribution in [1.82, 2.24) is 25.2 Å². The minimum atomic E-state index is -4.92. The van der Waals surface area contributed by atoms with E-state index in [0.717, 1.165) is 12.8 Å². The molecule has 0 radical (unpaired) electrons. The molecule has 3 N–H and O–H groups in total. The third-order valence-corrected chi connectivity index (χ3v) is 15.5. The molecule has 336 valence electrons. The normalized spacial score (nSPS) is 21.0. The third kappa shape index (κ3) is 11.6. The summed E-state index contributed by atoms with van der Waals surface area (Å²) in [5.74, 6) is -2.50. The van der Waals surface area contributed by atoms with Crippen LogP contribution >= 0.6 is 20.7 Å². The number of alkyl halides is 4. The number of nitrogens with one attached hydrogen (secondary N) is 3. The zero-order chi connectivity index (χ0) is 45.1. The monoisotopic (exact) mass is 989 g/mol. The summed E-state index contributed by atoms with van der Waals surface area (Å²) in [6.45, 7) is 15.6. The van der Waals surface area contributed by atoms with Crippen molar-refractivity contribution in [2.45, 2.75) is 143 Å². The van der Waals surface area contributed by atoms with Crippen molar-refractivity contribution >= 4 is 70.0 Å². The SMILES string of the molecule is C=CCCCCC[C@H](NC(=O)OC(C)(C)C)C(=O)N1C[C@@]2(CCc3c(c(C)nc4ccc(OC(F)(F)F)cc34)O2)C[C@H]1C(=O)NC(C(=O)NS(=O)(=O)C1(C)CC1)[C@H](C=C)I=C. The largest absolute Gasteiger partial charge is 0.573 e. The molecule has 3 heterocycles. The van der Waals surface area contributed by atoms with E-state index >= 15 is 0 Å². The number of aryl methyl sites for hydroxylation is 2. The summed E-state index contributed by atoms with van der Waals surface area (Å²) < 4.78 is 86.5. The number of allylic oxidation sites excluding steroid dienone is 1. The Morgan fingerprint density at radius 2 is 1.80 bits per heavy atom. The van der Waals surface area contributed by atoms with Crippen LogP contribution in [0.1, 0.15) is 96.7 Å². The van der Waals surface area contributed by atoms with E-state index in [2.05, 4.69) is 42.7 Å². The number of rotatable bonds is 17. The van der Waals surface area contributed by atoms with Gasteiger partial charge in [-0.25, -0.2) is 18.2 Å². The molecular weight excluding hydrogens is 934 g/mol. The number of ether oxygens (including phenoxy) is 3. The molecule has 19 heteroatoms. The quantitative estimate of drug-likeness (QED) is 0.0678. The van der Waals surface area contributed by atoms with Crippen LogP contribution in [0, 0.1) is 6.92 Å². The lowest BCUT2D eigenvalue weighted by molar-refractivity contribution is -0.274. The highest BCUT2D eigenvalue weighted by molar-refractivity contribution is 14.2. The lowest BCUT2D eigenvalue weighted by Gasteiger charge is -2.36. The van der Waals surface area contributed by atoms with E-state index in [1.165, 1.54) is 36.1 Å². The number of amides is 4. The van der Waals surface area contributed by atoms with E-state index in [0.29, 0.717) is 47.8 Å². The summed E-state index contributed by atoms with van der Waals surface area (Å²) in [4.78, 5) is 62.3.